The normalized spacial score (nSPS) is 23.1. The van der Waals surface area contributed by atoms with Crippen molar-refractivity contribution in [2.75, 3.05) is 7.05 Å². The van der Waals surface area contributed by atoms with Crippen molar-refractivity contribution < 1.29 is 4.74 Å². The average Bonchev–Trinajstić information content (AvgIpc) is 2.14. The Morgan fingerprint density at radius 1 is 1.47 bits per heavy atom. The fraction of sp³-hybridized carbons (Fsp3) is 0.500. The van der Waals surface area contributed by atoms with E-state index >= 15 is 0 Å². The molecule has 1 N–H and O–H groups in total. The molecule has 1 aromatic rings. The van der Waals surface area contributed by atoms with Gasteiger partial charge >= 0.3 is 0 Å². The van der Waals surface area contributed by atoms with Gasteiger partial charge in [-0.15, -0.1) is 0 Å². The number of fused-ring (bicyclic) bond motifs is 1. The zero-order chi connectivity index (χ0) is 11.1. The molecule has 1 heterocycles. The van der Waals surface area contributed by atoms with Crippen LogP contribution in [0.5, 0.6) is 5.75 Å². The van der Waals surface area contributed by atoms with Crippen LogP contribution in [0, 0.1) is 0 Å². The van der Waals surface area contributed by atoms with Crippen LogP contribution in [-0.2, 0) is 0 Å². The van der Waals surface area contributed by atoms with Crippen LogP contribution in [0.2, 0.25) is 0 Å². The lowest BCUT2D eigenvalue weighted by molar-refractivity contribution is 0.0674. The highest BCUT2D eigenvalue weighted by molar-refractivity contribution is 9.10. The molecule has 1 aromatic carbocycles. The predicted molar refractivity (Wildman–Crippen MR) is 65.3 cm³/mol. The molecule has 1 unspecified atom stereocenters. The quantitative estimate of drug-likeness (QED) is 0.845. The molecule has 0 saturated heterocycles. The number of benzene rings is 1. The van der Waals surface area contributed by atoms with Crippen LogP contribution in [0.15, 0.2) is 22.7 Å². The smallest absolute Gasteiger partial charge is 0.126 e. The summed E-state index contributed by atoms with van der Waals surface area (Å²) in [5, 5.41) is 3.34. The summed E-state index contributed by atoms with van der Waals surface area (Å²) in [5.41, 5.74) is 1.15. The SMILES string of the molecule is CNC1CC(C)(C)Oc2cc(Br)ccc21. The molecule has 0 radical (unpaired) electrons. The Morgan fingerprint density at radius 3 is 2.87 bits per heavy atom. The number of rotatable bonds is 1. The van der Waals surface area contributed by atoms with E-state index in [2.05, 4.69) is 47.2 Å². The summed E-state index contributed by atoms with van der Waals surface area (Å²) >= 11 is 3.47. The van der Waals surface area contributed by atoms with Crippen molar-refractivity contribution in [1.29, 1.82) is 0 Å². The van der Waals surface area contributed by atoms with E-state index in [-0.39, 0.29) is 5.60 Å². The topological polar surface area (TPSA) is 21.3 Å². The third kappa shape index (κ3) is 2.18. The Morgan fingerprint density at radius 2 is 2.20 bits per heavy atom. The minimum Gasteiger partial charge on any atom is -0.487 e. The van der Waals surface area contributed by atoms with E-state index < -0.39 is 0 Å². The van der Waals surface area contributed by atoms with Gasteiger partial charge in [0.1, 0.15) is 11.4 Å². The molecule has 15 heavy (non-hydrogen) atoms. The van der Waals surface area contributed by atoms with E-state index in [1.165, 1.54) is 5.56 Å². The summed E-state index contributed by atoms with van der Waals surface area (Å²) in [5.74, 6) is 0.986. The van der Waals surface area contributed by atoms with Crippen molar-refractivity contribution in [3.8, 4) is 5.75 Å². The number of hydrogen-bond acceptors (Lipinski definition) is 2. The largest absolute Gasteiger partial charge is 0.487 e. The van der Waals surface area contributed by atoms with Crippen molar-refractivity contribution in [1.82, 2.24) is 5.32 Å². The lowest BCUT2D eigenvalue weighted by atomic mass is 9.90. The zero-order valence-electron chi connectivity index (χ0n) is 9.30. The van der Waals surface area contributed by atoms with Gasteiger partial charge in [0.25, 0.3) is 0 Å². The van der Waals surface area contributed by atoms with E-state index in [9.17, 15) is 0 Å². The third-order valence-electron chi connectivity index (χ3n) is 2.78. The second kappa shape index (κ2) is 3.80. The molecule has 0 bridgehead atoms. The van der Waals surface area contributed by atoms with Gasteiger partial charge in [0, 0.05) is 22.5 Å². The third-order valence-corrected chi connectivity index (χ3v) is 3.27. The number of nitrogens with one attached hydrogen (secondary N) is 1. The predicted octanol–water partition coefficient (Wildman–Crippen LogP) is 3.27. The van der Waals surface area contributed by atoms with Crippen molar-refractivity contribution in [3.63, 3.8) is 0 Å². The van der Waals surface area contributed by atoms with Gasteiger partial charge in [0.15, 0.2) is 0 Å². The van der Waals surface area contributed by atoms with Crippen molar-refractivity contribution in [2.24, 2.45) is 0 Å². The monoisotopic (exact) mass is 269 g/mol. The van der Waals surface area contributed by atoms with E-state index in [4.69, 9.17) is 4.74 Å². The molecule has 0 fully saturated rings. The van der Waals surface area contributed by atoms with Gasteiger partial charge < -0.3 is 10.1 Å². The summed E-state index contributed by atoms with van der Waals surface area (Å²) in [6.45, 7) is 4.25. The van der Waals surface area contributed by atoms with Crippen LogP contribution >= 0.6 is 15.9 Å². The molecule has 3 heteroatoms. The molecule has 0 spiro atoms. The molecule has 0 saturated carbocycles. The molecular weight excluding hydrogens is 254 g/mol. The summed E-state index contributed by atoms with van der Waals surface area (Å²) in [6.07, 6.45) is 0.998. The Labute approximate surface area is 99.1 Å². The first kappa shape index (κ1) is 11.0. The number of ether oxygens (including phenoxy) is 1. The van der Waals surface area contributed by atoms with Crippen LogP contribution in [0.3, 0.4) is 0 Å². The number of hydrogen-bond donors (Lipinski definition) is 1. The lowest BCUT2D eigenvalue weighted by Crippen LogP contribution is -2.38. The van der Waals surface area contributed by atoms with Crippen LogP contribution in [0.1, 0.15) is 31.9 Å². The van der Waals surface area contributed by atoms with E-state index in [1.807, 2.05) is 13.1 Å². The average molecular weight is 270 g/mol. The Balaban J connectivity index is 2.44. The molecule has 2 nitrogen and oxygen atoms in total. The molecule has 1 atom stereocenters. The van der Waals surface area contributed by atoms with Crippen molar-refractivity contribution >= 4 is 15.9 Å². The molecule has 1 aliphatic rings. The van der Waals surface area contributed by atoms with Crippen LogP contribution in [0.4, 0.5) is 0 Å². The zero-order valence-corrected chi connectivity index (χ0v) is 10.9. The fourth-order valence-electron chi connectivity index (χ4n) is 2.08. The second-order valence-corrected chi connectivity index (χ2v) is 5.50. The first-order chi connectivity index (χ1) is 7.02. The molecular formula is C12H16BrNO. The summed E-state index contributed by atoms with van der Waals surface area (Å²) in [4.78, 5) is 0. The maximum absolute atomic E-state index is 5.96. The molecule has 0 aliphatic carbocycles. The van der Waals surface area contributed by atoms with Crippen LogP contribution in [0.25, 0.3) is 0 Å². The summed E-state index contributed by atoms with van der Waals surface area (Å²) < 4.78 is 7.03. The number of halogens is 1. The summed E-state index contributed by atoms with van der Waals surface area (Å²) in [6, 6.07) is 6.61. The van der Waals surface area contributed by atoms with Gasteiger partial charge in [-0.1, -0.05) is 22.0 Å². The van der Waals surface area contributed by atoms with E-state index in [1.54, 1.807) is 0 Å². The van der Waals surface area contributed by atoms with E-state index in [0.29, 0.717) is 6.04 Å². The van der Waals surface area contributed by atoms with Gasteiger partial charge in [-0.3, -0.25) is 0 Å². The molecule has 2 rings (SSSR count). The van der Waals surface area contributed by atoms with Crippen molar-refractivity contribution in [2.45, 2.75) is 31.9 Å². The first-order valence-corrected chi connectivity index (χ1v) is 5.97. The Bertz CT molecular complexity index is 376. The standard InChI is InChI=1S/C12H16BrNO/c1-12(2)7-10(14-3)9-5-4-8(13)6-11(9)15-12/h4-6,10,14H,7H2,1-3H3. The van der Waals surface area contributed by atoms with Gasteiger partial charge in [-0.05, 0) is 33.0 Å². The lowest BCUT2D eigenvalue weighted by Gasteiger charge is -2.37. The van der Waals surface area contributed by atoms with Crippen LogP contribution in [-0.4, -0.2) is 12.6 Å². The second-order valence-electron chi connectivity index (χ2n) is 4.59. The maximum atomic E-state index is 5.96. The summed E-state index contributed by atoms with van der Waals surface area (Å²) in [7, 11) is 2.00. The fourth-order valence-corrected chi connectivity index (χ4v) is 2.42. The molecule has 0 amide bonds. The van der Waals surface area contributed by atoms with Gasteiger partial charge in [-0.2, -0.15) is 0 Å². The minimum absolute atomic E-state index is 0.0958. The maximum Gasteiger partial charge on any atom is 0.126 e. The molecule has 0 aromatic heterocycles. The van der Waals surface area contributed by atoms with Gasteiger partial charge in [0.2, 0.25) is 0 Å². The van der Waals surface area contributed by atoms with Crippen molar-refractivity contribution in [3.05, 3.63) is 28.2 Å². The Hall–Kier alpha value is -0.540. The highest BCUT2D eigenvalue weighted by atomic mass is 79.9. The molecule has 82 valence electrons. The first-order valence-electron chi connectivity index (χ1n) is 5.17. The molecule has 1 aliphatic heterocycles. The van der Waals surface area contributed by atoms with E-state index in [0.717, 1.165) is 16.6 Å². The van der Waals surface area contributed by atoms with Crippen LogP contribution < -0.4 is 10.1 Å². The highest BCUT2D eigenvalue weighted by Gasteiger charge is 2.32. The minimum atomic E-state index is -0.0958. The van der Waals surface area contributed by atoms with Gasteiger partial charge in [0.05, 0.1) is 0 Å². The Kier molecular flexibility index (Phi) is 2.77. The van der Waals surface area contributed by atoms with Gasteiger partial charge in [-0.25, -0.2) is 0 Å². The highest BCUT2D eigenvalue weighted by Crippen LogP contribution is 2.40.